The van der Waals surface area contributed by atoms with Crippen LogP contribution < -0.4 is 5.32 Å². The Kier molecular flexibility index (Phi) is 5.32. The highest BCUT2D eigenvalue weighted by molar-refractivity contribution is 5.45. The van der Waals surface area contributed by atoms with Gasteiger partial charge < -0.3 is 10.4 Å². The van der Waals surface area contributed by atoms with Gasteiger partial charge in [-0.1, -0.05) is 6.07 Å². The molecule has 2 aromatic heterocycles. The number of hydrogen-bond acceptors (Lipinski definition) is 6. The minimum Gasteiger partial charge on any atom is -0.377 e. The first kappa shape index (κ1) is 24.4. The summed E-state index contributed by atoms with van der Waals surface area (Å²) in [6.45, 7) is -2.15. The van der Waals surface area contributed by atoms with Crippen LogP contribution in [0.2, 0.25) is 0 Å². The molecule has 3 aromatic rings. The van der Waals surface area contributed by atoms with Crippen molar-refractivity contribution in [3.05, 3.63) is 65.6 Å². The van der Waals surface area contributed by atoms with Gasteiger partial charge in [0.15, 0.2) is 5.60 Å². The molecule has 2 bridgehead atoms. The molecule has 0 spiro atoms. The lowest BCUT2D eigenvalue weighted by atomic mass is 9.30. The van der Waals surface area contributed by atoms with Crippen molar-refractivity contribution in [2.45, 2.75) is 48.9 Å². The number of alkyl halides is 5. The Balaban J connectivity index is 1.39. The van der Waals surface area contributed by atoms with Crippen molar-refractivity contribution in [1.29, 1.82) is 0 Å². The van der Waals surface area contributed by atoms with Gasteiger partial charge in [0.2, 0.25) is 0 Å². The van der Waals surface area contributed by atoms with Gasteiger partial charge in [-0.2, -0.15) is 13.2 Å². The lowest BCUT2D eigenvalue weighted by Crippen LogP contribution is -2.76. The molecule has 192 valence electrons. The fourth-order valence-electron chi connectivity index (χ4n) is 5.53. The molecule has 14 heteroatoms. The summed E-state index contributed by atoms with van der Waals surface area (Å²) in [5.74, 6) is -6.22. The van der Waals surface area contributed by atoms with Gasteiger partial charge in [0, 0.05) is 23.2 Å². The average molecular weight is 516 g/mol. The maximum atomic E-state index is 16.1. The molecule has 0 amide bonds. The number of tetrazole rings is 1. The fourth-order valence-corrected chi connectivity index (χ4v) is 5.53. The summed E-state index contributed by atoms with van der Waals surface area (Å²) in [6, 6.07) is 4.84. The summed E-state index contributed by atoms with van der Waals surface area (Å²) in [7, 11) is 0. The molecule has 1 atom stereocenters. The summed E-state index contributed by atoms with van der Waals surface area (Å²) in [4.78, 5) is 3.95. The molecule has 3 aliphatic carbocycles. The lowest BCUT2D eigenvalue weighted by Gasteiger charge is -2.74. The first-order valence-corrected chi connectivity index (χ1v) is 10.8. The number of anilines is 1. The number of rotatable bonds is 8. The highest BCUT2D eigenvalue weighted by atomic mass is 19.4. The van der Waals surface area contributed by atoms with Gasteiger partial charge in [-0.05, 0) is 58.9 Å². The van der Waals surface area contributed by atoms with Gasteiger partial charge >= 0.3 is 6.18 Å². The Morgan fingerprint density at radius 1 is 1.03 bits per heavy atom. The van der Waals surface area contributed by atoms with Crippen LogP contribution in [0.25, 0.3) is 0 Å². The van der Waals surface area contributed by atoms with E-state index in [-0.39, 0.29) is 25.1 Å². The number of aliphatic hydroxyl groups is 1. The molecule has 3 fully saturated rings. The summed E-state index contributed by atoms with van der Waals surface area (Å²) in [5, 5.41) is 23.7. The van der Waals surface area contributed by atoms with Crippen molar-refractivity contribution in [2.24, 2.45) is 5.41 Å². The van der Waals surface area contributed by atoms with E-state index in [2.05, 4.69) is 25.8 Å². The fraction of sp³-hybridized carbons (Fsp3) is 0.455. The second-order valence-electron chi connectivity index (χ2n) is 9.56. The number of hydrogen-bond donors (Lipinski definition) is 2. The van der Waals surface area contributed by atoms with Crippen LogP contribution in [0.3, 0.4) is 0 Å². The van der Waals surface area contributed by atoms with Crippen LogP contribution in [0.4, 0.5) is 36.6 Å². The standard InChI is InChI=1S/C22H19F7N6O/c23-14-2-3-15(16(24)5-14)20(36,11-35-12-32-33-34-35)22(28,29)19-7-18(8-19,9-19)13-1-4-17(30-6-13)31-10-21(25,26)27/h1-6,12,36H,7-11H2,(H,30,31)/t18?,19?,20-/m0/s1. The zero-order chi connectivity index (χ0) is 26.0. The van der Waals surface area contributed by atoms with E-state index >= 15 is 8.78 Å². The van der Waals surface area contributed by atoms with E-state index in [1.165, 1.54) is 18.3 Å². The Labute approximate surface area is 199 Å². The van der Waals surface area contributed by atoms with Crippen molar-refractivity contribution in [2.75, 3.05) is 11.9 Å². The zero-order valence-corrected chi connectivity index (χ0v) is 18.4. The Bertz CT molecular complexity index is 1250. The predicted octanol–water partition coefficient (Wildman–Crippen LogP) is 3.97. The van der Waals surface area contributed by atoms with Crippen LogP contribution in [-0.4, -0.2) is 48.9 Å². The Hall–Kier alpha value is -3.29. The van der Waals surface area contributed by atoms with E-state index in [1.54, 1.807) is 0 Å². The minimum absolute atomic E-state index is 0.00897. The third kappa shape index (κ3) is 3.69. The monoisotopic (exact) mass is 516 g/mol. The van der Waals surface area contributed by atoms with Gasteiger partial charge in [0.1, 0.15) is 30.3 Å². The first-order valence-electron chi connectivity index (χ1n) is 10.8. The highest BCUT2D eigenvalue weighted by Crippen LogP contribution is 2.80. The van der Waals surface area contributed by atoms with E-state index in [9.17, 15) is 27.1 Å². The van der Waals surface area contributed by atoms with Crippen molar-refractivity contribution >= 4 is 5.82 Å². The third-order valence-corrected chi connectivity index (χ3v) is 7.22. The van der Waals surface area contributed by atoms with Crippen LogP contribution in [-0.2, 0) is 17.6 Å². The average Bonchev–Trinajstić information content (AvgIpc) is 3.23. The van der Waals surface area contributed by atoms with Gasteiger partial charge in [-0.3, -0.25) is 0 Å². The summed E-state index contributed by atoms with van der Waals surface area (Å²) >= 11 is 0. The maximum absolute atomic E-state index is 16.1. The molecule has 36 heavy (non-hydrogen) atoms. The molecule has 7 nitrogen and oxygen atoms in total. The highest BCUT2D eigenvalue weighted by Gasteiger charge is 2.82. The summed E-state index contributed by atoms with van der Waals surface area (Å²) in [5.41, 5.74) is -5.68. The van der Waals surface area contributed by atoms with Crippen LogP contribution in [0, 0.1) is 17.0 Å². The number of aromatic nitrogens is 5. The van der Waals surface area contributed by atoms with E-state index in [1.807, 2.05) is 0 Å². The molecular weight excluding hydrogens is 497 g/mol. The van der Waals surface area contributed by atoms with Crippen LogP contribution >= 0.6 is 0 Å². The number of nitrogens with one attached hydrogen (secondary N) is 1. The van der Waals surface area contributed by atoms with Crippen LogP contribution in [0.1, 0.15) is 30.4 Å². The van der Waals surface area contributed by atoms with Gasteiger partial charge in [-0.15, -0.1) is 5.10 Å². The molecular formula is C22H19F7N6O. The van der Waals surface area contributed by atoms with E-state index in [0.717, 1.165) is 23.1 Å². The van der Waals surface area contributed by atoms with E-state index < -0.39 is 58.8 Å². The topological polar surface area (TPSA) is 88.8 Å². The Morgan fingerprint density at radius 2 is 1.75 bits per heavy atom. The van der Waals surface area contributed by atoms with E-state index in [0.29, 0.717) is 11.6 Å². The molecule has 0 unspecified atom stereocenters. The summed E-state index contributed by atoms with van der Waals surface area (Å²) in [6.07, 6.45) is -2.28. The lowest BCUT2D eigenvalue weighted by molar-refractivity contribution is -0.347. The van der Waals surface area contributed by atoms with Crippen molar-refractivity contribution in [1.82, 2.24) is 25.2 Å². The maximum Gasteiger partial charge on any atom is 0.405 e. The smallest absolute Gasteiger partial charge is 0.377 e. The third-order valence-electron chi connectivity index (χ3n) is 7.22. The number of nitrogens with zero attached hydrogens (tertiary/aromatic N) is 5. The molecule has 0 saturated heterocycles. The van der Waals surface area contributed by atoms with Gasteiger partial charge in [-0.25, -0.2) is 27.2 Å². The van der Waals surface area contributed by atoms with Gasteiger partial charge in [0.25, 0.3) is 5.92 Å². The van der Waals surface area contributed by atoms with E-state index in [4.69, 9.17) is 0 Å². The number of pyridine rings is 1. The van der Waals surface area contributed by atoms with Crippen molar-refractivity contribution in [3.63, 3.8) is 0 Å². The van der Waals surface area contributed by atoms with Gasteiger partial charge in [0.05, 0.1) is 6.54 Å². The predicted molar refractivity (Wildman–Crippen MR) is 110 cm³/mol. The Morgan fingerprint density at radius 3 is 2.31 bits per heavy atom. The zero-order valence-electron chi connectivity index (χ0n) is 18.4. The van der Waals surface area contributed by atoms with Crippen molar-refractivity contribution in [3.8, 4) is 0 Å². The molecule has 3 saturated carbocycles. The normalized spacial score (nSPS) is 25.0. The minimum atomic E-state index is -4.42. The quantitative estimate of drug-likeness (QED) is 0.441. The molecule has 0 radical (unpaired) electrons. The molecule has 3 aliphatic rings. The number of benzene rings is 1. The molecule has 0 aliphatic heterocycles. The van der Waals surface area contributed by atoms with Crippen LogP contribution in [0.15, 0.2) is 42.9 Å². The number of halogens is 7. The van der Waals surface area contributed by atoms with Crippen molar-refractivity contribution < 1.29 is 35.8 Å². The molecule has 2 heterocycles. The second-order valence-corrected chi connectivity index (χ2v) is 9.56. The molecule has 1 aromatic carbocycles. The summed E-state index contributed by atoms with van der Waals surface area (Å²) < 4.78 is 98.4. The molecule has 6 rings (SSSR count). The SMILES string of the molecule is O[C@@](Cn1cnnn1)(c1ccc(F)cc1F)C(F)(F)C12CC(c3ccc(NCC(F)(F)F)nc3)(C1)C2. The molecule has 2 N–H and O–H groups in total. The second kappa shape index (κ2) is 7.85. The van der Waals surface area contributed by atoms with Crippen LogP contribution in [0.5, 0.6) is 0 Å². The first-order chi connectivity index (χ1) is 16.8. The largest absolute Gasteiger partial charge is 0.405 e.